The van der Waals surface area contributed by atoms with Crippen LogP contribution >= 0.6 is 46.3 Å². The molecule has 0 bridgehead atoms. The second kappa shape index (κ2) is 8.06. The molecule has 28 heavy (non-hydrogen) atoms. The summed E-state index contributed by atoms with van der Waals surface area (Å²) in [7, 11) is 1.71. The summed E-state index contributed by atoms with van der Waals surface area (Å²) >= 11 is 14.7. The van der Waals surface area contributed by atoms with Gasteiger partial charge in [0.2, 0.25) is 5.91 Å². The highest BCUT2D eigenvalue weighted by Gasteiger charge is 2.21. The van der Waals surface area contributed by atoms with Gasteiger partial charge < -0.3 is 5.32 Å². The van der Waals surface area contributed by atoms with E-state index in [1.54, 1.807) is 41.2 Å². The summed E-state index contributed by atoms with van der Waals surface area (Å²) in [6.07, 6.45) is 4.25. The van der Waals surface area contributed by atoms with E-state index in [4.69, 9.17) is 23.2 Å². The van der Waals surface area contributed by atoms with Crippen molar-refractivity contribution < 1.29 is 4.79 Å². The van der Waals surface area contributed by atoms with Gasteiger partial charge in [-0.15, -0.1) is 11.3 Å². The Kier molecular flexibility index (Phi) is 5.69. The maximum atomic E-state index is 12.9. The number of thioether (sulfide) groups is 1. The number of hydrogen-bond acceptors (Lipinski definition) is 5. The summed E-state index contributed by atoms with van der Waals surface area (Å²) in [5.74, 6) is -0.0693. The van der Waals surface area contributed by atoms with Crippen LogP contribution in [0.3, 0.4) is 0 Å². The Balaban J connectivity index is 1.53. The molecule has 0 aliphatic heterocycles. The van der Waals surface area contributed by atoms with Crippen LogP contribution in [0.5, 0.6) is 0 Å². The number of fused-ring (bicyclic) bond motifs is 3. The molecule has 1 aromatic carbocycles. The molecule has 9 heteroatoms. The number of amides is 1. The summed E-state index contributed by atoms with van der Waals surface area (Å²) in [4.78, 5) is 31.9. The molecule has 0 saturated carbocycles. The zero-order valence-electron chi connectivity index (χ0n) is 15.1. The van der Waals surface area contributed by atoms with Gasteiger partial charge in [-0.05, 0) is 49.4 Å². The fourth-order valence-electron chi connectivity index (χ4n) is 3.30. The van der Waals surface area contributed by atoms with Crippen molar-refractivity contribution in [3.8, 4) is 0 Å². The number of thiophene rings is 1. The van der Waals surface area contributed by atoms with Gasteiger partial charge in [-0.25, -0.2) is 4.98 Å². The summed E-state index contributed by atoms with van der Waals surface area (Å²) in [6, 6.07) is 4.92. The normalized spacial score (nSPS) is 13.5. The SMILES string of the molecule is Cn1c(SCC(=O)Nc2ccc(Cl)c(Cl)c2)nc2sc3c(c2c1=O)CCCC3. The number of aromatic nitrogens is 2. The molecule has 1 aliphatic carbocycles. The van der Waals surface area contributed by atoms with E-state index in [9.17, 15) is 9.59 Å². The van der Waals surface area contributed by atoms with Gasteiger partial charge >= 0.3 is 0 Å². The molecule has 1 N–H and O–H groups in total. The molecule has 1 aliphatic rings. The second-order valence-electron chi connectivity index (χ2n) is 6.62. The lowest BCUT2D eigenvalue weighted by molar-refractivity contribution is -0.113. The lowest BCUT2D eigenvalue weighted by atomic mass is 9.97. The van der Waals surface area contributed by atoms with E-state index in [1.807, 2.05) is 0 Å². The third-order valence-electron chi connectivity index (χ3n) is 4.69. The molecule has 0 spiro atoms. The Labute approximate surface area is 180 Å². The average Bonchev–Trinajstić information content (AvgIpc) is 3.05. The number of aryl methyl sites for hydroxylation is 2. The molecule has 0 fully saturated rings. The summed E-state index contributed by atoms with van der Waals surface area (Å²) < 4.78 is 1.54. The second-order valence-corrected chi connectivity index (χ2v) is 9.46. The Bertz CT molecular complexity index is 1140. The molecular weight excluding hydrogens is 437 g/mol. The largest absolute Gasteiger partial charge is 0.325 e. The predicted molar refractivity (Wildman–Crippen MR) is 117 cm³/mol. The van der Waals surface area contributed by atoms with Crippen LogP contribution in [0.1, 0.15) is 23.3 Å². The summed E-state index contributed by atoms with van der Waals surface area (Å²) in [6.45, 7) is 0. The number of carbonyl (C=O) groups excluding carboxylic acids is 1. The Hall–Kier alpha value is -1.54. The fourth-order valence-corrected chi connectivity index (χ4v) is 5.67. The van der Waals surface area contributed by atoms with Gasteiger partial charge in [-0.3, -0.25) is 14.2 Å². The van der Waals surface area contributed by atoms with Crippen molar-refractivity contribution in [2.45, 2.75) is 30.8 Å². The Morgan fingerprint density at radius 3 is 2.86 bits per heavy atom. The molecule has 2 heterocycles. The molecule has 0 unspecified atom stereocenters. The van der Waals surface area contributed by atoms with Gasteiger partial charge in [0.15, 0.2) is 5.16 Å². The van der Waals surface area contributed by atoms with Gasteiger partial charge in [0.25, 0.3) is 5.56 Å². The van der Waals surface area contributed by atoms with Crippen molar-refractivity contribution in [2.24, 2.45) is 7.05 Å². The number of hydrogen-bond donors (Lipinski definition) is 1. The average molecular weight is 454 g/mol. The maximum Gasteiger partial charge on any atom is 0.262 e. The zero-order chi connectivity index (χ0) is 19.8. The lowest BCUT2D eigenvalue weighted by Crippen LogP contribution is -2.22. The maximum absolute atomic E-state index is 12.9. The molecule has 146 valence electrons. The summed E-state index contributed by atoms with van der Waals surface area (Å²) in [5, 5.41) is 4.88. The monoisotopic (exact) mass is 453 g/mol. The first-order valence-electron chi connectivity index (χ1n) is 8.83. The van der Waals surface area contributed by atoms with E-state index in [1.165, 1.54) is 22.2 Å². The molecule has 0 atom stereocenters. The van der Waals surface area contributed by atoms with Crippen LogP contribution in [0.15, 0.2) is 28.2 Å². The first-order valence-corrected chi connectivity index (χ1v) is 11.4. The highest BCUT2D eigenvalue weighted by molar-refractivity contribution is 7.99. The van der Waals surface area contributed by atoms with E-state index in [0.29, 0.717) is 20.9 Å². The number of nitrogens with zero attached hydrogens (tertiary/aromatic N) is 2. The number of benzene rings is 1. The number of halogens is 2. The Morgan fingerprint density at radius 2 is 2.07 bits per heavy atom. The first kappa shape index (κ1) is 19.8. The molecule has 1 amide bonds. The van der Waals surface area contributed by atoms with Crippen molar-refractivity contribution in [1.82, 2.24) is 9.55 Å². The smallest absolute Gasteiger partial charge is 0.262 e. The molecule has 5 nitrogen and oxygen atoms in total. The minimum Gasteiger partial charge on any atom is -0.325 e. The van der Waals surface area contributed by atoms with Crippen LogP contribution in [0, 0.1) is 0 Å². The minimum atomic E-state index is -0.205. The topological polar surface area (TPSA) is 64.0 Å². The predicted octanol–water partition coefficient (Wildman–Crippen LogP) is 4.91. The van der Waals surface area contributed by atoms with Gasteiger partial charge in [0.05, 0.1) is 21.2 Å². The molecule has 3 aromatic rings. The van der Waals surface area contributed by atoms with Crippen LogP contribution in [0.4, 0.5) is 5.69 Å². The van der Waals surface area contributed by atoms with Crippen LogP contribution in [0.2, 0.25) is 10.0 Å². The number of carbonyl (C=O) groups is 1. The van der Waals surface area contributed by atoms with E-state index >= 15 is 0 Å². The zero-order valence-corrected chi connectivity index (χ0v) is 18.2. The van der Waals surface area contributed by atoms with Gasteiger partial charge in [0.1, 0.15) is 4.83 Å². The van der Waals surface area contributed by atoms with E-state index in [0.717, 1.165) is 35.9 Å². The number of rotatable bonds is 4. The molecule has 4 rings (SSSR count). The van der Waals surface area contributed by atoms with Crippen molar-refractivity contribution in [3.63, 3.8) is 0 Å². The highest BCUT2D eigenvalue weighted by Crippen LogP contribution is 2.34. The molecule has 0 radical (unpaired) electrons. The van der Waals surface area contributed by atoms with Crippen molar-refractivity contribution in [3.05, 3.63) is 49.0 Å². The quantitative estimate of drug-likeness (QED) is 0.450. The van der Waals surface area contributed by atoms with Crippen LogP contribution in [-0.2, 0) is 24.7 Å². The van der Waals surface area contributed by atoms with E-state index < -0.39 is 0 Å². The third-order valence-corrected chi connectivity index (χ3v) is 7.65. The molecule has 2 aromatic heterocycles. The lowest BCUT2D eigenvalue weighted by Gasteiger charge is -2.11. The van der Waals surface area contributed by atoms with Crippen LogP contribution in [0.25, 0.3) is 10.2 Å². The van der Waals surface area contributed by atoms with Gasteiger partial charge in [0, 0.05) is 17.6 Å². The standard InChI is InChI=1S/C19H17Cl2N3O2S2/c1-24-18(26)16-11-4-2-3-5-14(11)28-17(16)23-19(24)27-9-15(25)22-10-6-7-12(20)13(21)8-10/h6-8H,2-5,9H2,1H3,(H,22,25). The first-order chi connectivity index (χ1) is 13.4. The van der Waals surface area contributed by atoms with Crippen molar-refractivity contribution >= 4 is 68.1 Å². The summed E-state index contributed by atoms with van der Waals surface area (Å²) in [5.41, 5.74) is 1.72. The molecular formula is C19H17Cl2N3O2S2. The number of anilines is 1. The minimum absolute atomic E-state index is 0.0307. The van der Waals surface area contributed by atoms with E-state index in [-0.39, 0.29) is 17.2 Å². The Morgan fingerprint density at radius 1 is 1.29 bits per heavy atom. The van der Waals surface area contributed by atoms with Gasteiger partial charge in [-0.2, -0.15) is 0 Å². The van der Waals surface area contributed by atoms with Crippen LogP contribution < -0.4 is 10.9 Å². The van der Waals surface area contributed by atoms with Crippen molar-refractivity contribution in [1.29, 1.82) is 0 Å². The van der Waals surface area contributed by atoms with Crippen LogP contribution in [-0.4, -0.2) is 21.2 Å². The fraction of sp³-hybridized carbons (Fsp3) is 0.316. The van der Waals surface area contributed by atoms with Gasteiger partial charge in [-0.1, -0.05) is 35.0 Å². The molecule has 0 saturated heterocycles. The van der Waals surface area contributed by atoms with Crippen molar-refractivity contribution in [2.75, 3.05) is 11.1 Å². The third kappa shape index (κ3) is 3.81. The highest BCUT2D eigenvalue weighted by atomic mass is 35.5. The van der Waals surface area contributed by atoms with E-state index in [2.05, 4.69) is 10.3 Å². The number of nitrogens with one attached hydrogen (secondary N) is 1.